The lowest BCUT2D eigenvalue weighted by atomic mass is 9.67. The van der Waals surface area contributed by atoms with E-state index in [4.69, 9.17) is 0 Å². The van der Waals surface area contributed by atoms with E-state index >= 15 is 0 Å². The Kier molecular flexibility index (Phi) is 4.99. The molecule has 0 fully saturated rings. The van der Waals surface area contributed by atoms with Gasteiger partial charge in [0, 0.05) is 29.5 Å². The summed E-state index contributed by atoms with van der Waals surface area (Å²) in [6, 6.07) is 7.68. The minimum absolute atomic E-state index is 0.153. The Bertz CT molecular complexity index is 656. The van der Waals surface area contributed by atoms with Gasteiger partial charge in [0.2, 0.25) is 0 Å². The summed E-state index contributed by atoms with van der Waals surface area (Å²) in [5, 5.41) is 0. The standard InChI is InChI=1S/C23H34N2/c1-7-9-11-18-12-13-19-20(10-8-2)23(5,6)22-24(17(3)4)14-15-25(22)21(19)16-18/h8,12-17,20,22H,2,7,9-11H2,1,3-6H3/t20?,22-/m1/s1. The van der Waals surface area contributed by atoms with Gasteiger partial charge in [-0.15, -0.1) is 6.58 Å². The molecule has 0 bridgehead atoms. The Morgan fingerprint density at radius 3 is 2.64 bits per heavy atom. The van der Waals surface area contributed by atoms with E-state index in [-0.39, 0.29) is 5.41 Å². The molecule has 0 N–H and O–H groups in total. The van der Waals surface area contributed by atoms with Gasteiger partial charge < -0.3 is 9.80 Å². The summed E-state index contributed by atoms with van der Waals surface area (Å²) in [4.78, 5) is 5.04. The summed E-state index contributed by atoms with van der Waals surface area (Å²) < 4.78 is 0. The normalized spacial score (nSPS) is 23.8. The lowest BCUT2D eigenvalue weighted by molar-refractivity contribution is 0.0890. The fourth-order valence-corrected chi connectivity index (χ4v) is 4.69. The summed E-state index contributed by atoms with van der Waals surface area (Å²) >= 11 is 0. The number of anilines is 1. The molecule has 3 rings (SSSR count). The van der Waals surface area contributed by atoms with Crippen molar-refractivity contribution in [3.63, 3.8) is 0 Å². The first kappa shape index (κ1) is 18.1. The van der Waals surface area contributed by atoms with Crippen LogP contribution in [0.15, 0.2) is 43.3 Å². The Balaban J connectivity index is 2.09. The first-order valence-electron chi connectivity index (χ1n) is 9.89. The minimum Gasteiger partial charge on any atom is -0.353 e. The number of aryl methyl sites for hydroxylation is 1. The summed E-state index contributed by atoms with van der Waals surface area (Å²) in [5.41, 5.74) is 4.51. The van der Waals surface area contributed by atoms with E-state index in [1.54, 1.807) is 0 Å². The van der Waals surface area contributed by atoms with Crippen molar-refractivity contribution in [1.29, 1.82) is 0 Å². The first-order chi connectivity index (χ1) is 11.9. The molecular formula is C23H34N2. The molecule has 136 valence electrons. The zero-order valence-corrected chi connectivity index (χ0v) is 16.6. The molecule has 2 atom stereocenters. The van der Waals surface area contributed by atoms with Crippen LogP contribution in [-0.4, -0.2) is 17.1 Å². The highest BCUT2D eigenvalue weighted by molar-refractivity contribution is 5.64. The highest BCUT2D eigenvalue weighted by atomic mass is 15.4. The van der Waals surface area contributed by atoms with Gasteiger partial charge >= 0.3 is 0 Å². The summed E-state index contributed by atoms with van der Waals surface area (Å²) in [6.45, 7) is 15.7. The molecular weight excluding hydrogens is 304 g/mol. The van der Waals surface area contributed by atoms with Crippen LogP contribution in [0.25, 0.3) is 0 Å². The van der Waals surface area contributed by atoms with Gasteiger partial charge in [0.25, 0.3) is 0 Å². The molecule has 1 aromatic carbocycles. The molecule has 0 aromatic heterocycles. The fourth-order valence-electron chi connectivity index (χ4n) is 4.69. The lowest BCUT2D eigenvalue weighted by Crippen LogP contribution is -2.56. The van der Waals surface area contributed by atoms with Gasteiger partial charge in [0.05, 0.1) is 0 Å². The Morgan fingerprint density at radius 1 is 1.24 bits per heavy atom. The number of hydrogen-bond acceptors (Lipinski definition) is 2. The third-order valence-corrected chi connectivity index (χ3v) is 6.07. The van der Waals surface area contributed by atoms with Gasteiger partial charge in [0.15, 0.2) is 0 Å². The van der Waals surface area contributed by atoms with Crippen LogP contribution < -0.4 is 4.90 Å². The number of rotatable bonds is 6. The van der Waals surface area contributed by atoms with Gasteiger partial charge in [-0.25, -0.2) is 0 Å². The van der Waals surface area contributed by atoms with Crippen molar-refractivity contribution in [1.82, 2.24) is 4.90 Å². The molecule has 2 heteroatoms. The number of allylic oxidation sites excluding steroid dienone is 1. The minimum atomic E-state index is 0.153. The zero-order chi connectivity index (χ0) is 18.2. The van der Waals surface area contributed by atoms with Crippen LogP contribution in [0.5, 0.6) is 0 Å². The highest BCUT2D eigenvalue weighted by Gasteiger charge is 2.50. The number of nitrogens with zero attached hydrogens (tertiary/aromatic N) is 2. The van der Waals surface area contributed by atoms with Crippen molar-refractivity contribution in [3.8, 4) is 0 Å². The van der Waals surface area contributed by atoms with E-state index in [9.17, 15) is 0 Å². The molecule has 0 saturated heterocycles. The average molecular weight is 339 g/mol. The van der Waals surface area contributed by atoms with Crippen molar-refractivity contribution in [3.05, 3.63) is 54.4 Å². The largest absolute Gasteiger partial charge is 0.353 e. The predicted molar refractivity (Wildman–Crippen MR) is 109 cm³/mol. The van der Waals surface area contributed by atoms with Gasteiger partial charge in [-0.3, -0.25) is 0 Å². The molecule has 1 aromatic rings. The van der Waals surface area contributed by atoms with Crippen LogP contribution in [0.4, 0.5) is 5.69 Å². The van der Waals surface area contributed by atoms with Crippen molar-refractivity contribution in [2.45, 2.75) is 78.4 Å². The Morgan fingerprint density at radius 2 is 2.00 bits per heavy atom. The molecule has 0 saturated carbocycles. The van der Waals surface area contributed by atoms with Crippen LogP contribution in [0, 0.1) is 5.41 Å². The maximum absolute atomic E-state index is 4.05. The van der Waals surface area contributed by atoms with Crippen LogP contribution in [0.3, 0.4) is 0 Å². The molecule has 0 spiro atoms. The smallest absolute Gasteiger partial charge is 0.111 e. The molecule has 2 nitrogen and oxygen atoms in total. The third kappa shape index (κ3) is 3.01. The zero-order valence-electron chi connectivity index (χ0n) is 16.6. The molecule has 0 aliphatic carbocycles. The number of benzene rings is 1. The number of unbranched alkanes of at least 4 members (excludes halogenated alkanes) is 1. The summed E-state index contributed by atoms with van der Waals surface area (Å²) in [5.74, 6) is 0.502. The number of fused-ring (bicyclic) bond motifs is 3. The van der Waals surface area contributed by atoms with Gasteiger partial charge in [0.1, 0.15) is 6.17 Å². The Hall–Kier alpha value is -1.70. The van der Waals surface area contributed by atoms with E-state index in [1.807, 2.05) is 0 Å². The summed E-state index contributed by atoms with van der Waals surface area (Å²) in [6.07, 6.45) is 11.8. The first-order valence-corrected chi connectivity index (χ1v) is 9.89. The number of hydrogen-bond donors (Lipinski definition) is 0. The monoisotopic (exact) mass is 338 g/mol. The Labute approximate surface area is 154 Å². The fraction of sp³-hybridized carbons (Fsp3) is 0.565. The van der Waals surface area contributed by atoms with Crippen molar-refractivity contribution in [2.24, 2.45) is 5.41 Å². The molecule has 25 heavy (non-hydrogen) atoms. The molecule has 2 aliphatic rings. The van der Waals surface area contributed by atoms with Crippen molar-refractivity contribution in [2.75, 3.05) is 4.90 Å². The van der Waals surface area contributed by atoms with Gasteiger partial charge in [-0.2, -0.15) is 0 Å². The van der Waals surface area contributed by atoms with E-state index in [1.165, 1.54) is 36.1 Å². The lowest BCUT2D eigenvalue weighted by Gasteiger charge is -2.53. The highest BCUT2D eigenvalue weighted by Crippen LogP contribution is 2.54. The second kappa shape index (κ2) is 6.90. The second-order valence-corrected chi connectivity index (χ2v) is 8.52. The molecule has 0 radical (unpaired) electrons. The van der Waals surface area contributed by atoms with E-state index < -0.39 is 0 Å². The van der Waals surface area contributed by atoms with E-state index in [0.717, 1.165) is 6.42 Å². The molecule has 1 unspecified atom stereocenters. The van der Waals surface area contributed by atoms with E-state index in [0.29, 0.717) is 18.1 Å². The van der Waals surface area contributed by atoms with Crippen LogP contribution in [0.1, 0.15) is 70.9 Å². The molecule has 0 amide bonds. The van der Waals surface area contributed by atoms with Crippen LogP contribution in [0.2, 0.25) is 0 Å². The van der Waals surface area contributed by atoms with Crippen LogP contribution >= 0.6 is 0 Å². The maximum atomic E-state index is 4.05. The third-order valence-electron chi connectivity index (χ3n) is 6.07. The van der Waals surface area contributed by atoms with Crippen LogP contribution in [-0.2, 0) is 6.42 Å². The quantitative estimate of drug-likeness (QED) is 0.582. The maximum Gasteiger partial charge on any atom is 0.111 e. The predicted octanol–water partition coefficient (Wildman–Crippen LogP) is 6.06. The van der Waals surface area contributed by atoms with Gasteiger partial charge in [-0.1, -0.05) is 45.4 Å². The van der Waals surface area contributed by atoms with Gasteiger partial charge in [-0.05, 0) is 56.2 Å². The molecule has 2 aliphatic heterocycles. The summed E-state index contributed by atoms with van der Waals surface area (Å²) in [7, 11) is 0. The van der Waals surface area contributed by atoms with E-state index in [2.05, 4.69) is 87.7 Å². The van der Waals surface area contributed by atoms with Crippen molar-refractivity contribution < 1.29 is 0 Å². The average Bonchev–Trinajstić information content (AvgIpc) is 3.03. The molecule has 2 heterocycles. The topological polar surface area (TPSA) is 6.48 Å². The second-order valence-electron chi connectivity index (χ2n) is 8.52. The van der Waals surface area contributed by atoms with Crippen molar-refractivity contribution >= 4 is 5.69 Å². The SMILES string of the molecule is C=CCC1c2ccc(CCCC)cc2N2C=CN(C(C)C)[C@H]2C1(C)C.